The number of hydrogen-bond donors (Lipinski definition) is 4. The number of carboxylic acid groups (broad SMARTS) is 2. The van der Waals surface area contributed by atoms with Gasteiger partial charge in [0.25, 0.3) is 0 Å². The van der Waals surface area contributed by atoms with Crippen LogP contribution in [0.4, 0.5) is 4.79 Å². The van der Waals surface area contributed by atoms with E-state index in [-0.39, 0.29) is 18.9 Å². The lowest BCUT2D eigenvalue weighted by atomic mass is 9.84. The molecule has 0 spiro atoms. The Morgan fingerprint density at radius 2 is 1.51 bits per heavy atom. The molecule has 254 valence electrons. The topological polar surface area (TPSA) is 193 Å². The van der Waals surface area contributed by atoms with Gasteiger partial charge in [0.05, 0.1) is 18.5 Å². The third-order valence-electron chi connectivity index (χ3n) is 8.17. The summed E-state index contributed by atoms with van der Waals surface area (Å²) < 4.78 is 28.5. The van der Waals surface area contributed by atoms with Crippen LogP contribution in [0.1, 0.15) is 63.0 Å². The van der Waals surface area contributed by atoms with Crippen molar-refractivity contribution < 1.29 is 47.3 Å². The molecule has 47 heavy (non-hydrogen) atoms. The number of sulfone groups is 1. The maximum Gasteiger partial charge on any atom is 0.407 e. The van der Waals surface area contributed by atoms with E-state index in [0.29, 0.717) is 6.42 Å². The summed E-state index contributed by atoms with van der Waals surface area (Å²) in [6.45, 7) is 3.45. The van der Waals surface area contributed by atoms with Crippen LogP contribution in [0, 0.1) is 11.8 Å². The SMILES string of the molecule is CCC(C)[C@@H](CC(=O)[C@H](CCC(=O)O)NC(=O)OCC1c2ccccc2-c2ccccc21)C(=O)N[C@H](/C=C(\Cl)S(C)(=O)=O)CC(=O)O. The van der Waals surface area contributed by atoms with Crippen LogP contribution in [0.25, 0.3) is 11.1 Å². The molecule has 0 saturated carbocycles. The Balaban J connectivity index is 1.75. The molecule has 2 amide bonds. The molecule has 0 fully saturated rings. The van der Waals surface area contributed by atoms with Crippen molar-refractivity contribution in [2.45, 2.75) is 64.0 Å². The number of ether oxygens (including phenoxy) is 1. The first-order chi connectivity index (χ1) is 22.1. The van der Waals surface area contributed by atoms with Crippen molar-refractivity contribution in [3.8, 4) is 11.1 Å². The number of benzene rings is 2. The van der Waals surface area contributed by atoms with E-state index in [2.05, 4.69) is 10.6 Å². The van der Waals surface area contributed by atoms with Gasteiger partial charge >= 0.3 is 18.0 Å². The number of halogens is 1. The highest BCUT2D eigenvalue weighted by atomic mass is 35.5. The molecule has 0 saturated heterocycles. The molecule has 4 N–H and O–H groups in total. The summed E-state index contributed by atoms with van der Waals surface area (Å²) in [7, 11) is -3.88. The molecule has 4 atom stereocenters. The third kappa shape index (κ3) is 10.4. The molecule has 14 heteroatoms. The lowest BCUT2D eigenvalue weighted by Gasteiger charge is -2.26. The van der Waals surface area contributed by atoms with Crippen LogP contribution in [0.2, 0.25) is 0 Å². The highest BCUT2D eigenvalue weighted by Gasteiger charge is 2.33. The summed E-state index contributed by atoms with van der Waals surface area (Å²) in [6.07, 6.45) is -0.561. The van der Waals surface area contributed by atoms with Gasteiger partial charge < -0.3 is 25.6 Å². The van der Waals surface area contributed by atoms with Crippen molar-refractivity contribution in [2.75, 3.05) is 12.9 Å². The molecule has 0 aliphatic heterocycles. The molecule has 0 heterocycles. The van der Waals surface area contributed by atoms with Crippen LogP contribution in [0.3, 0.4) is 0 Å². The van der Waals surface area contributed by atoms with Crippen molar-refractivity contribution in [1.82, 2.24) is 10.6 Å². The minimum absolute atomic E-state index is 0.0356. The second-order valence-electron chi connectivity index (χ2n) is 11.6. The fourth-order valence-electron chi connectivity index (χ4n) is 5.47. The van der Waals surface area contributed by atoms with Crippen LogP contribution in [0.5, 0.6) is 0 Å². The summed E-state index contributed by atoms with van der Waals surface area (Å²) in [5, 5.41) is 23.5. The standard InChI is InChI=1S/C33H39ClN2O10S/c1-4-19(2)25(32(42)35-20(16-31(40)41)15-29(34)47(3,44)45)17-28(37)27(13-14-30(38)39)36-33(43)46-18-26-23-11-7-5-9-21(23)22-10-6-8-12-24(22)26/h5-12,15,19-20,25-27H,4,13-14,16-18H2,1-3H3,(H,35,42)(H,36,43)(H,38,39)(H,40,41)/b29-15+/t19?,20-,25-,27+/m1/s1. The monoisotopic (exact) mass is 690 g/mol. The van der Waals surface area contributed by atoms with E-state index in [1.165, 1.54) is 0 Å². The number of aliphatic carboxylic acids is 2. The number of alkyl carbamates (subject to hydrolysis) is 1. The van der Waals surface area contributed by atoms with Gasteiger partial charge in [-0.15, -0.1) is 0 Å². The lowest BCUT2D eigenvalue weighted by Crippen LogP contribution is -2.46. The van der Waals surface area contributed by atoms with Gasteiger partial charge in [0.15, 0.2) is 15.6 Å². The molecule has 12 nitrogen and oxygen atoms in total. The predicted molar refractivity (Wildman–Crippen MR) is 174 cm³/mol. The first-order valence-corrected chi connectivity index (χ1v) is 17.3. The molecule has 1 unspecified atom stereocenters. The zero-order valence-electron chi connectivity index (χ0n) is 26.3. The Labute approximate surface area is 278 Å². The molecule has 1 aliphatic carbocycles. The Morgan fingerprint density at radius 1 is 0.936 bits per heavy atom. The maximum atomic E-state index is 13.5. The number of nitrogens with one attached hydrogen (secondary N) is 2. The highest BCUT2D eigenvalue weighted by molar-refractivity contribution is 7.96. The first-order valence-electron chi connectivity index (χ1n) is 15.1. The normalized spacial score (nSPS) is 15.4. The van der Waals surface area contributed by atoms with E-state index >= 15 is 0 Å². The van der Waals surface area contributed by atoms with Crippen LogP contribution in [0.15, 0.2) is 59.0 Å². The molecule has 3 rings (SSSR count). The number of fused-ring (bicyclic) bond motifs is 3. The Bertz CT molecular complexity index is 1600. The van der Waals surface area contributed by atoms with Gasteiger partial charge in [-0.25, -0.2) is 13.2 Å². The van der Waals surface area contributed by atoms with Gasteiger partial charge in [0, 0.05) is 30.9 Å². The number of carbonyl (C=O) groups is 5. The van der Waals surface area contributed by atoms with Gasteiger partial charge in [-0.3, -0.25) is 19.2 Å². The number of rotatable bonds is 17. The van der Waals surface area contributed by atoms with Crippen molar-refractivity contribution >= 4 is 51.2 Å². The molecule has 0 bridgehead atoms. The van der Waals surface area contributed by atoms with Crippen molar-refractivity contribution in [1.29, 1.82) is 0 Å². The average Bonchev–Trinajstić information content (AvgIpc) is 3.32. The minimum Gasteiger partial charge on any atom is -0.481 e. The number of amides is 2. The smallest absolute Gasteiger partial charge is 0.407 e. The van der Waals surface area contributed by atoms with Gasteiger partial charge in [0.2, 0.25) is 5.91 Å². The molecular weight excluding hydrogens is 652 g/mol. The number of carboxylic acids is 2. The summed E-state index contributed by atoms with van der Waals surface area (Å²) in [5.74, 6) is -5.56. The van der Waals surface area contributed by atoms with Crippen molar-refractivity contribution in [3.05, 3.63) is 70.1 Å². The summed E-state index contributed by atoms with van der Waals surface area (Å²) in [5.41, 5.74) is 4.02. The van der Waals surface area contributed by atoms with Crippen molar-refractivity contribution in [2.24, 2.45) is 11.8 Å². The predicted octanol–water partition coefficient (Wildman–Crippen LogP) is 4.46. The summed E-state index contributed by atoms with van der Waals surface area (Å²) in [4.78, 5) is 62.7. The Kier molecular flexibility index (Phi) is 13.1. The Morgan fingerprint density at radius 3 is 2.02 bits per heavy atom. The lowest BCUT2D eigenvalue weighted by molar-refractivity contribution is -0.139. The van der Waals surface area contributed by atoms with Crippen LogP contribution < -0.4 is 10.6 Å². The van der Waals surface area contributed by atoms with Gasteiger partial charge in [-0.2, -0.15) is 0 Å². The summed E-state index contributed by atoms with van der Waals surface area (Å²) >= 11 is 5.81. The average molecular weight is 691 g/mol. The van der Waals surface area contributed by atoms with Gasteiger partial charge in [-0.05, 0) is 40.7 Å². The minimum atomic E-state index is -3.88. The third-order valence-corrected chi connectivity index (χ3v) is 9.98. The van der Waals surface area contributed by atoms with Gasteiger partial charge in [-0.1, -0.05) is 80.4 Å². The second kappa shape index (κ2) is 16.6. The molecule has 2 aromatic rings. The van der Waals surface area contributed by atoms with Crippen molar-refractivity contribution in [3.63, 3.8) is 0 Å². The van der Waals surface area contributed by atoms with Crippen LogP contribution in [-0.2, 0) is 33.8 Å². The maximum absolute atomic E-state index is 13.5. The fourth-order valence-corrected chi connectivity index (χ4v) is 6.03. The molecule has 0 radical (unpaired) electrons. The number of hydrogen-bond acceptors (Lipinski definition) is 8. The number of ketones is 1. The van der Waals surface area contributed by atoms with Crippen LogP contribution in [-0.4, -0.2) is 73.3 Å². The Hall–Kier alpha value is -4.23. The van der Waals surface area contributed by atoms with E-state index in [0.717, 1.165) is 34.6 Å². The van der Waals surface area contributed by atoms with Gasteiger partial charge in [0.1, 0.15) is 11.0 Å². The molecular formula is C33H39ClN2O10S. The number of Topliss-reactive ketones (excluding diaryl/α,β-unsaturated/α-hetero) is 1. The quantitative estimate of drug-likeness (QED) is 0.184. The van der Waals surface area contributed by atoms with E-state index in [9.17, 15) is 42.6 Å². The zero-order valence-corrected chi connectivity index (χ0v) is 27.8. The molecule has 2 aromatic carbocycles. The van der Waals surface area contributed by atoms with Crippen LogP contribution >= 0.6 is 11.6 Å². The van der Waals surface area contributed by atoms with E-state index < -0.39 is 87.1 Å². The zero-order chi connectivity index (χ0) is 34.9. The second-order valence-corrected chi connectivity index (χ2v) is 14.2. The van der Waals surface area contributed by atoms with E-state index in [1.807, 2.05) is 48.5 Å². The van der Waals surface area contributed by atoms with E-state index in [4.69, 9.17) is 16.3 Å². The molecule has 1 aliphatic rings. The largest absolute Gasteiger partial charge is 0.481 e. The molecule has 0 aromatic heterocycles. The first kappa shape index (κ1) is 37.2. The fraction of sp³-hybridized carbons (Fsp3) is 0.424. The number of carbonyl (C=O) groups excluding carboxylic acids is 3. The highest BCUT2D eigenvalue weighted by Crippen LogP contribution is 2.44. The van der Waals surface area contributed by atoms with E-state index in [1.54, 1.807) is 13.8 Å². The summed E-state index contributed by atoms with van der Waals surface area (Å²) in [6, 6.07) is 12.9.